The van der Waals surface area contributed by atoms with Gasteiger partial charge in [-0.2, -0.15) is 0 Å². The van der Waals surface area contributed by atoms with Gasteiger partial charge in [-0.25, -0.2) is 4.99 Å². The van der Waals surface area contributed by atoms with Gasteiger partial charge in [-0.1, -0.05) is 12.7 Å². The van der Waals surface area contributed by atoms with Crippen LogP contribution < -0.4 is 0 Å². The second-order valence-electron chi connectivity index (χ2n) is 3.18. The fourth-order valence-electron chi connectivity index (χ4n) is 0.972. The predicted octanol–water partition coefficient (Wildman–Crippen LogP) is 2.20. The van der Waals surface area contributed by atoms with Crippen LogP contribution in [0.3, 0.4) is 0 Å². The quantitative estimate of drug-likeness (QED) is 0.353. The second kappa shape index (κ2) is 4.10. The summed E-state index contributed by atoms with van der Waals surface area (Å²) in [6.45, 7) is 5.58. The van der Waals surface area contributed by atoms with E-state index in [2.05, 4.69) is 23.5 Å². The Balaban J connectivity index is 2.36. The first-order chi connectivity index (χ1) is 5.74. The van der Waals surface area contributed by atoms with Crippen LogP contribution in [0, 0.1) is 0 Å². The van der Waals surface area contributed by atoms with E-state index in [0.717, 1.165) is 11.7 Å². The van der Waals surface area contributed by atoms with Crippen molar-refractivity contribution in [2.75, 3.05) is 7.05 Å². The maximum absolute atomic E-state index is 4.27. The van der Waals surface area contributed by atoms with E-state index in [1.54, 1.807) is 6.08 Å². The molecule has 0 atom stereocenters. The van der Waals surface area contributed by atoms with E-state index in [1.165, 1.54) is 12.8 Å². The summed E-state index contributed by atoms with van der Waals surface area (Å²) in [5.41, 5.74) is 0.998. The third-order valence-electron chi connectivity index (χ3n) is 1.93. The first-order valence-corrected chi connectivity index (χ1v) is 4.29. The zero-order valence-corrected chi connectivity index (χ0v) is 7.83. The Bertz CT molecular complexity index is 212. The van der Waals surface area contributed by atoms with Gasteiger partial charge in [0.2, 0.25) is 0 Å². The molecular formula is C10H16N2. The summed E-state index contributed by atoms with van der Waals surface area (Å²) in [6.07, 6.45) is 8.17. The lowest BCUT2D eigenvalue weighted by Crippen LogP contribution is -2.18. The van der Waals surface area contributed by atoms with Crippen molar-refractivity contribution in [1.82, 2.24) is 4.90 Å². The van der Waals surface area contributed by atoms with Crippen LogP contribution in [0.25, 0.3) is 0 Å². The minimum atomic E-state index is 0.741. The van der Waals surface area contributed by atoms with Crippen LogP contribution in [0.2, 0.25) is 0 Å². The highest BCUT2D eigenvalue weighted by molar-refractivity contribution is 5.57. The number of allylic oxidation sites excluding steroid dienone is 3. The SMILES string of the molecule is C=C/C=C(C)/N=C\N(C)C1CC1. The van der Waals surface area contributed by atoms with E-state index in [9.17, 15) is 0 Å². The third-order valence-corrected chi connectivity index (χ3v) is 1.93. The van der Waals surface area contributed by atoms with Crippen molar-refractivity contribution in [2.24, 2.45) is 4.99 Å². The predicted molar refractivity (Wildman–Crippen MR) is 53.2 cm³/mol. The molecule has 0 radical (unpaired) electrons. The fourth-order valence-corrected chi connectivity index (χ4v) is 0.972. The van der Waals surface area contributed by atoms with E-state index in [-0.39, 0.29) is 0 Å². The van der Waals surface area contributed by atoms with E-state index in [1.807, 2.05) is 19.3 Å². The standard InChI is InChI=1S/C10H16N2/c1-4-5-9(2)11-8-12(3)10-6-7-10/h4-5,8,10H,1,6-7H2,2-3H3/b9-5+,11-8-. The number of hydrogen-bond acceptors (Lipinski definition) is 1. The van der Waals surface area contributed by atoms with E-state index in [0.29, 0.717) is 0 Å². The van der Waals surface area contributed by atoms with Crippen LogP contribution in [0.15, 0.2) is 29.4 Å². The summed E-state index contributed by atoms with van der Waals surface area (Å²) in [4.78, 5) is 6.43. The minimum Gasteiger partial charge on any atom is -0.363 e. The van der Waals surface area contributed by atoms with Crippen LogP contribution >= 0.6 is 0 Å². The Morgan fingerprint density at radius 1 is 1.58 bits per heavy atom. The van der Waals surface area contributed by atoms with Crippen LogP contribution in [-0.2, 0) is 0 Å². The molecule has 0 aromatic carbocycles. The zero-order valence-electron chi connectivity index (χ0n) is 7.83. The Morgan fingerprint density at radius 2 is 2.25 bits per heavy atom. The van der Waals surface area contributed by atoms with Crippen LogP contribution in [-0.4, -0.2) is 24.3 Å². The number of nitrogens with zero attached hydrogens (tertiary/aromatic N) is 2. The molecule has 0 amide bonds. The Morgan fingerprint density at radius 3 is 2.75 bits per heavy atom. The lowest BCUT2D eigenvalue weighted by molar-refractivity contribution is 0.510. The molecule has 0 aromatic rings. The molecule has 0 N–H and O–H groups in total. The molecule has 2 nitrogen and oxygen atoms in total. The largest absolute Gasteiger partial charge is 0.363 e. The molecule has 0 saturated heterocycles. The maximum atomic E-state index is 4.27. The fraction of sp³-hybridized carbons (Fsp3) is 0.500. The Labute approximate surface area is 74.3 Å². The van der Waals surface area contributed by atoms with E-state index >= 15 is 0 Å². The third kappa shape index (κ3) is 2.91. The summed E-state index contributed by atoms with van der Waals surface area (Å²) in [7, 11) is 2.07. The van der Waals surface area contributed by atoms with Gasteiger partial charge in [0.1, 0.15) is 0 Å². The van der Waals surface area contributed by atoms with Gasteiger partial charge in [0.15, 0.2) is 0 Å². The molecule has 12 heavy (non-hydrogen) atoms. The molecule has 1 aliphatic carbocycles. The Hall–Kier alpha value is -1.05. The highest BCUT2D eigenvalue weighted by Crippen LogP contribution is 2.24. The second-order valence-corrected chi connectivity index (χ2v) is 3.18. The summed E-state index contributed by atoms with van der Waals surface area (Å²) >= 11 is 0. The first-order valence-electron chi connectivity index (χ1n) is 4.29. The first kappa shape index (κ1) is 9.04. The van der Waals surface area contributed by atoms with Gasteiger partial charge in [0.25, 0.3) is 0 Å². The van der Waals surface area contributed by atoms with Gasteiger partial charge in [-0.15, -0.1) is 0 Å². The zero-order chi connectivity index (χ0) is 8.97. The monoisotopic (exact) mass is 164 g/mol. The minimum absolute atomic E-state index is 0.741. The lowest BCUT2D eigenvalue weighted by Gasteiger charge is -2.09. The van der Waals surface area contributed by atoms with Crippen molar-refractivity contribution >= 4 is 6.34 Å². The molecule has 0 aromatic heterocycles. The molecule has 0 unspecified atom stereocenters. The van der Waals surface area contributed by atoms with Crippen LogP contribution in [0.1, 0.15) is 19.8 Å². The van der Waals surface area contributed by atoms with Crippen LogP contribution in [0.4, 0.5) is 0 Å². The van der Waals surface area contributed by atoms with Crippen molar-refractivity contribution in [3.05, 3.63) is 24.4 Å². The molecule has 1 fully saturated rings. The molecule has 1 rings (SSSR count). The van der Waals surface area contributed by atoms with E-state index < -0.39 is 0 Å². The van der Waals surface area contributed by atoms with Crippen molar-refractivity contribution in [3.63, 3.8) is 0 Å². The van der Waals surface area contributed by atoms with Gasteiger partial charge in [-0.05, 0) is 25.8 Å². The maximum Gasteiger partial charge on any atom is 0.0908 e. The highest BCUT2D eigenvalue weighted by atomic mass is 15.2. The van der Waals surface area contributed by atoms with Crippen LogP contribution in [0.5, 0.6) is 0 Å². The summed E-state index contributed by atoms with van der Waals surface area (Å²) in [5, 5.41) is 0. The molecule has 1 saturated carbocycles. The van der Waals surface area contributed by atoms with Crippen molar-refractivity contribution < 1.29 is 0 Å². The molecule has 66 valence electrons. The Kier molecular flexibility index (Phi) is 3.09. The highest BCUT2D eigenvalue weighted by Gasteiger charge is 2.24. The molecule has 0 spiro atoms. The summed E-state index contributed by atoms with van der Waals surface area (Å²) < 4.78 is 0. The van der Waals surface area contributed by atoms with Gasteiger partial charge >= 0.3 is 0 Å². The molecule has 2 heteroatoms. The number of aliphatic imine (C=N–C) groups is 1. The molecular weight excluding hydrogens is 148 g/mol. The molecule has 0 aliphatic heterocycles. The van der Waals surface area contributed by atoms with Crippen molar-refractivity contribution in [1.29, 1.82) is 0 Å². The van der Waals surface area contributed by atoms with Crippen molar-refractivity contribution in [2.45, 2.75) is 25.8 Å². The smallest absolute Gasteiger partial charge is 0.0908 e. The van der Waals surface area contributed by atoms with Crippen molar-refractivity contribution in [3.8, 4) is 0 Å². The molecule has 0 heterocycles. The topological polar surface area (TPSA) is 15.6 Å². The van der Waals surface area contributed by atoms with Gasteiger partial charge in [0.05, 0.1) is 6.34 Å². The molecule has 1 aliphatic rings. The number of rotatable bonds is 4. The molecule has 0 bridgehead atoms. The van der Waals surface area contributed by atoms with Gasteiger partial charge in [0, 0.05) is 18.8 Å². The summed E-state index contributed by atoms with van der Waals surface area (Å²) in [6, 6.07) is 0.741. The van der Waals surface area contributed by atoms with Gasteiger partial charge < -0.3 is 4.90 Å². The van der Waals surface area contributed by atoms with E-state index in [4.69, 9.17) is 0 Å². The van der Waals surface area contributed by atoms with Gasteiger partial charge in [-0.3, -0.25) is 0 Å². The summed E-state index contributed by atoms with van der Waals surface area (Å²) in [5.74, 6) is 0. The average molecular weight is 164 g/mol. The lowest BCUT2D eigenvalue weighted by atomic mass is 10.4. The average Bonchev–Trinajstić information content (AvgIpc) is 2.83. The number of hydrogen-bond donors (Lipinski definition) is 0. The normalized spacial score (nSPS) is 18.3.